The zero-order valence-electron chi connectivity index (χ0n) is 12.9. The van der Waals surface area contributed by atoms with Crippen LogP contribution in [0, 0.1) is 11.3 Å². The molecule has 2 aromatic heterocycles. The number of nitriles is 1. The van der Waals surface area contributed by atoms with Gasteiger partial charge in [-0.2, -0.15) is 5.26 Å². The molecule has 0 atom stereocenters. The molecule has 2 heterocycles. The fraction of sp³-hybridized carbons (Fsp3) is 0.111. The maximum Gasteiger partial charge on any atom is 0.267 e. The summed E-state index contributed by atoms with van der Waals surface area (Å²) >= 11 is 5.13. The number of rotatable bonds is 3. The van der Waals surface area contributed by atoms with E-state index in [1.54, 1.807) is 23.5 Å². The number of nitrogens with one attached hydrogen (secondary N) is 1. The lowest BCUT2D eigenvalue weighted by Crippen LogP contribution is -2.12. The van der Waals surface area contributed by atoms with Crippen molar-refractivity contribution < 1.29 is 0 Å². The first-order valence-corrected chi connectivity index (χ1v) is 8.96. The van der Waals surface area contributed by atoms with Crippen molar-refractivity contribution in [3.8, 4) is 27.8 Å². The topological polar surface area (TPSA) is 82.7 Å². The van der Waals surface area contributed by atoms with Crippen molar-refractivity contribution in [2.45, 2.75) is 13.3 Å². The number of thiophene rings is 1. The van der Waals surface area contributed by atoms with E-state index in [1.165, 1.54) is 4.88 Å². The molecule has 3 rings (SSSR count). The number of aryl methyl sites for hydroxylation is 1. The number of nitrogen functional groups attached to an aromatic ring is 1. The van der Waals surface area contributed by atoms with Crippen LogP contribution in [0.5, 0.6) is 0 Å². The molecule has 6 heteroatoms. The maximum atomic E-state index is 12.4. The second-order valence-electron chi connectivity index (χ2n) is 5.27. The van der Waals surface area contributed by atoms with Crippen molar-refractivity contribution in [2.24, 2.45) is 0 Å². The summed E-state index contributed by atoms with van der Waals surface area (Å²) < 4.78 is 1.00. The van der Waals surface area contributed by atoms with Gasteiger partial charge in [-0.05, 0) is 52.2 Å². The fourth-order valence-electron chi connectivity index (χ4n) is 2.46. The zero-order chi connectivity index (χ0) is 17.3. The standard InChI is InChI=1S/C18H14BrN3OS/c1-2-16-14(19)8-17(24-16)12-7-15(22-18(23)13(12)9-20)10-3-5-11(21)6-4-10/h3-8H,2,21H2,1H3,(H,22,23). The highest BCUT2D eigenvalue weighted by Crippen LogP contribution is 2.36. The van der Waals surface area contributed by atoms with Crippen molar-refractivity contribution in [1.82, 2.24) is 4.98 Å². The number of aromatic amines is 1. The Morgan fingerprint density at radius 1 is 1.29 bits per heavy atom. The average Bonchev–Trinajstić information content (AvgIpc) is 2.95. The molecule has 24 heavy (non-hydrogen) atoms. The first-order chi connectivity index (χ1) is 11.5. The molecule has 0 radical (unpaired) electrons. The Kier molecular flexibility index (Phi) is 4.56. The van der Waals surface area contributed by atoms with Gasteiger partial charge >= 0.3 is 0 Å². The third-order valence-electron chi connectivity index (χ3n) is 3.71. The van der Waals surface area contributed by atoms with Gasteiger partial charge in [0.2, 0.25) is 0 Å². The first-order valence-electron chi connectivity index (χ1n) is 7.35. The highest BCUT2D eigenvalue weighted by Gasteiger charge is 2.15. The number of H-pyrrole nitrogens is 1. The maximum absolute atomic E-state index is 12.4. The summed E-state index contributed by atoms with van der Waals surface area (Å²) in [5.41, 5.74) is 8.28. The molecule has 0 spiro atoms. The van der Waals surface area contributed by atoms with Gasteiger partial charge in [0.1, 0.15) is 11.6 Å². The van der Waals surface area contributed by atoms with Gasteiger partial charge in [-0.15, -0.1) is 11.3 Å². The fourth-order valence-corrected chi connectivity index (χ4v) is 4.38. The first kappa shape index (κ1) is 16.5. The van der Waals surface area contributed by atoms with Gasteiger partial charge in [0, 0.05) is 31.2 Å². The van der Waals surface area contributed by atoms with Crippen molar-refractivity contribution in [3.63, 3.8) is 0 Å². The van der Waals surface area contributed by atoms with E-state index in [4.69, 9.17) is 5.73 Å². The summed E-state index contributed by atoms with van der Waals surface area (Å²) in [5.74, 6) is 0. The third-order valence-corrected chi connectivity index (χ3v) is 5.99. The second-order valence-corrected chi connectivity index (χ2v) is 7.26. The minimum absolute atomic E-state index is 0.130. The molecule has 3 N–H and O–H groups in total. The third kappa shape index (κ3) is 3.01. The van der Waals surface area contributed by atoms with Gasteiger partial charge < -0.3 is 10.7 Å². The monoisotopic (exact) mass is 399 g/mol. The van der Waals surface area contributed by atoms with Crippen molar-refractivity contribution in [3.05, 3.63) is 61.7 Å². The van der Waals surface area contributed by atoms with Crippen LogP contribution in [0.4, 0.5) is 5.69 Å². The van der Waals surface area contributed by atoms with Gasteiger partial charge in [-0.25, -0.2) is 0 Å². The quantitative estimate of drug-likeness (QED) is 0.633. The summed E-state index contributed by atoms with van der Waals surface area (Å²) in [7, 11) is 0. The highest BCUT2D eigenvalue weighted by atomic mass is 79.9. The molecule has 0 amide bonds. The molecule has 0 bridgehead atoms. The van der Waals surface area contributed by atoms with E-state index in [0.717, 1.165) is 21.3 Å². The molecule has 3 aromatic rings. The van der Waals surface area contributed by atoms with E-state index in [9.17, 15) is 10.1 Å². The molecule has 0 aliphatic carbocycles. The minimum atomic E-state index is -0.385. The molecule has 120 valence electrons. The molecular formula is C18H14BrN3OS. The number of pyridine rings is 1. The Labute approximate surface area is 151 Å². The van der Waals surface area contributed by atoms with Crippen molar-refractivity contribution in [1.29, 1.82) is 5.26 Å². The number of aromatic nitrogens is 1. The summed E-state index contributed by atoms with van der Waals surface area (Å²) in [5, 5.41) is 9.40. The molecule has 0 aliphatic heterocycles. The van der Waals surface area contributed by atoms with Crippen LogP contribution in [0.25, 0.3) is 21.7 Å². The van der Waals surface area contributed by atoms with Crippen LogP contribution >= 0.6 is 27.3 Å². The summed E-state index contributed by atoms with van der Waals surface area (Å²) in [6.07, 6.45) is 0.890. The Morgan fingerprint density at radius 2 is 2.00 bits per heavy atom. The lowest BCUT2D eigenvalue weighted by Gasteiger charge is -2.07. The lowest BCUT2D eigenvalue weighted by molar-refractivity contribution is 1.18. The van der Waals surface area contributed by atoms with Crippen molar-refractivity contribution >= 4 is 33.0 Å². The number of nitrogens with two attached hydrogens (primary N) is 1. The summed E-state index contributed by atoms with van der Waals surface area (Å²) in [4.78, 5) is 17.2. The normalized spacial score (nSPS) is 10.5. The van der Waals surface area contributed by atoms with E-state index in [0.29, 0.717) is 16.9 Å². The Balaban J connectivity index is 2.22. The Bertz CT molecular complexity index is 997. The zero-order valence-corrected chi connectivity index (χ0v) is 15.3. The van der Waals surface area contributed by atoms with Crippen LogP contribution in [-0.4, -0.2) is 4.98 Å². The molecule has 4 nitrogen and oxygen atoms in total. The van der Waals surface area contributed by atoms with Gasteiger partial charge in [0.05, 0.1) is 0 Å². The van der Waals surface area contributed by atoms with Crippen LogP contribution in [-0.2, 0) is 6.42 Å². The molecule has 0 saturated carbocycles. The van der Waals surface area contributed by atoms with Crippen LogP contribution in [0.15, 0.2) is 45.7 Å². The van der Waals surface area contributed by atoms with Crippen LogP contribution in [0.2, 0.25) is 0 Å². The van der Waals surface area contributed by atoms with Gasteiger partial charge in [-0.1, -0.05) is 19.1 Å². The molecular weight excluding hydrogens is 386 g/mol. The molecule has 0 unspecified atom stereocenters. The molecule has 0 aliphatic rings. The van der Waals surface area contributed by atoms with Crippen LogP contribution < -0.4 is 11.3 Å². The highest BCUT2D eigenvalue weighted by molar-refractivity contribution is 9.10. The minimum Gasteiger partial charge on any atom is -0.399 e. The van der Waals surface area contributed by atoms with E-state index >= 15 is 0 Å². The lowest BCUT2D eigenvalue weighted by atomic mass is 10.0. The SMILES string of the molecule is CCc1sc(-c2cc(-c3ccc(N)cc3)[nH]c(=O)c2C#N)cc1Br. The number of benzene rings is 1. The summed E-state index contributed by atoms with van der Waals surface area (Å²) in [6.45, 7) is 2.07. The number of halogens is 1. The smallest absolute Gasteiger partial charge is 0.267 e. The van der Waals surface area contributed by atoms with Crippen molar-refractivity contribution in [2.75, 3.05) is 5.73 Å². The number of hydrogen-bond donors (Lipinski definition) is 2. The Morgan fingerprint density at radius 3 is 2.58 bits per heavy atom. The molecule has 0 saturated heterocycles. The van der Waals surface area contributed by atoms with E-state index in [2.05, 4.69) is 27.8 Å². The number of hydrogen-bond acceptors (Lipinski definition) is 4. The number of anilines is 1. The predicted octanol–water partition coefficient (Wildman–Crippen LogP) is 4.55. The summed E-state index contributed by atoms with van der Waals surface area (Å²) in [6, 6.07) is 13.1. The Hall–Kier alpha value is -2.36. The van der Waals surface area contributed by atoms with Crippen LogP contribution in [0.1, 0.15) is 17.4 Å². The molecule has 0 fully saturated rings. The van der Waals surface area contributed by atoms with Gasteiger partial charge in [0.15, 0.2) is 0 Å². The average molecular weight is 400 g/mol. The van der Waals surface area contributed by atoms with Crippen LogP contribution in [0.3, 0.4) is 0 Å². The predicted molar refractivity (Wildman–Crippen MR) is 102 cm³/mol. The van der Waals surface area contributed by atoms with E-state index in [1.807, 2.05) is 30.3 Å². The van der Waals surface area contributed by atoms with E-state index < -0.39 is 0 Å². The number of nitrogens with zero attached hydrogens (tertiary/aromatic N) is 1. The van der Waals surface area contributed by atoms with Gasteiger partial charge in [0.25, 0.3) is 5.56 Å². The van der Waals surface area contributed by atoms with Gasteiger partial charge in [-0.3, -0.25) is 4.79 Å². The molecule has 1 aromatic carbocycles. The largest absolute Gasteiger partial charge is 0.399 e. The van der Waals surface area contributed by atoms with E-state index in [-0.39, 0.29) is 11.1 Å². The second kappa shape index (κ2) is 6.63.